The minimum atomic E-state index is -1.00. The van der Waals surface area contributed by atoms with Gasteiger partial charge in [0.25, 0.3) is 0 Å². The fourth-order valence-corrected chi connectivity index (χ4v) is 2.41. The molecule has 6 heteroatoms. The number of hydrazine groups is 1. The Morgan fingerprint density at radius 1 is 1.35 bits per heavy atom. The quantitative estimate of drug-likeness (QED) is 0.518. The van der Waals surface area contributed by atoms with Crippen LogP contribution in [0.3, 0.4) is 0 Å². The maximum absolute atomic E-state index is 14.1. The molecule has 3 N–H and O–H groups in total. The van der Waals surface area contributed by atoms with Crippen LogP contribution < -0.4 is 11.3 Å². The molecule has 3 nitrogen and oxygen atoms in total. The number of nitrogens with one attached hydrogen (secondary N) is 1. The SMILES string of the molecule is CCc1cnccc1C(NN)c1c(Cl)ccc(F)c1F. The van der Waals surface area contributed by atoms with Crippen LogP contribution in [0.1, 0.15) is 29.7 Å². The standard InChI is InChI=1S/C14H14ClF2N3/c1-2-8-7-19-6-5-9(8)14(20-18)12-10(15)3-4-11(16)13(12)17/h3-7,14,20H,2,18H2,1H3. The summed E-state index contributed by atoms with van der Waals surface area (Å²) < 4.78 is 27.5. The Kier molecular flexibility index (Phi) is 4.65. The van der Waals surface area contributed by atoms with Gasteiger partial charge in [-0.05, 0) is 35.7 Å². The van der Waals surface area contributed by atoms with E-state index >= 15 is 0 Å². The van der Waals surface area contributed by atoms with Crippen LogP contribution in [-0.2, 0) is 6.42 Å². The van der Waals surface area contributed by atoms with Gasteiger partial charge in [0.1, 0.15) is 0 Å². The third-order valence-electron chi connectivity index (χ3n) is 3.17. The summed E-state index contributed by atoms with van der Waals surface area (Å²) in [4.78, 5) is 4.02. The Balaban J connectivity index is 2.62. The van der Waals surface area contributed by atoms with Crippen molar-refractivity contribution in [3.63, 3.8) is 0 Å². The van der Waals surface area contributed by atoms with Gasteiger partial charge in [0, 0.05) is 23.0 Å². The molecular formula is C14H14ClF2N3. The van der Waals surface area contributed by atoms with Crippen LogP contribution in [-0.4, -0.2) is 4.98 Å². The third-order valence-corrected chi connectivity index (χ3v) is 3.50. The zero-order valence-corrected chi connectivity index (χ0v) is 11.6. The van der Waals surface area contributed by atoms with E-state index in [1.54, 1.807) is 18.5 Å². The number of hydrogen-bond acceptors (Lipinski definition) is 3. The first kappa shape index (κ1) is 14.8. The molecule has 0 saturated heterocycles. The molecule has 0 bridgehead atoms. The molecule has 0 saturated carbocycles. The second-order valence-electron chi connectivity index (χ2n) is 4.28. The lowest BCUT2D eigenvalue weighted by Crippen LogP contribution is -2.30. The fourth-order valence-electron chi connectivity index (χ4n) is 2.15. The van der Waals surface area contributed by atoms with E-state index in [1.165, 1.54) is 6.07 Å². The van der Waals surface area contributed by atoms with E-state index in [2.05, 4.69) is 10.4 Å². The lowest BCUT2D eigenvalue weighted by molar-refractivity contribution is 0.482. The van der Waals surface area contributed by atoms with Gasteiger partial charge >= 0.3 is 0 Å². The fraction of sp³-hybridized carbons (Fsp3) is 0.214. The van der Waals surface area contributed by atoms with Gasteiger partial charge in [0.05, 0.1) is 6.04 Å². The number of pyridine rings is 1. The molecule has 0 radical (unpaired) electrons. The summed E-state index contributed by atoms with van der Waals surface area (Å²) >= 11 is 6.00. The molecule has 0 aliphatic carbocycles. The number of nitrogens with zero attached hydrogens (tertiary/aromatic N) is 1. The minimum Gasteiger partial charge on any atom is -0.271 e. The van der Waals surface area contributed by atoms with Crippen LogP contribution in [0.4, 0.5) is 8.78 Å². The summed E-state index contributed by atoms with van der Waals surface area (Å²) in [7, 11) is 0. The van der Waals surface area contributed by atoms with Crippen molar-refractivity contribution >= 4 is 11.6 Å². The summed E-state index contributed by atoms with van der Waals surface area (Å²) in [6.45, 7) is 1.94. The van der Waals surface area contributed by atoms with Gasteiger partial charge in [-0.3, -0.25) is 10.8 Å². The van der Waals surface area contributed by atoms with Crippen molar-refractivity contribution in [3.05, 3.63) is 63.9 Å². The highest BCUT2D eigenvalue weighted by Gasteiger charge is 2.24. The molecule has 2 rings (SSSR count). The Labute approximate surface area is 120 Å². The monoisotopic (exact) mass is 297 g/mol. The van der Waals surface area contributed by atoms with E-state index in [4.69, 9.17) is 17.4 Å². The maximum Gasteiger partial charge on any atom is 0.165 e. The predicted octanol–water partition coefficient (Wildman–Crippen LogP) is 3.13. The number of rotatable bonds is 4. The van der Waals surface area contributed by atoms with Crippen LogP contribution in [0.25, 0.3) is 0 Å². The average molecular weight is 298 g/mol. The molecule has 1 aromatic carbocycles. The van der Waals surface area contributed by atoms with Crippen molar-refractivity contribution in [2.75, 3.05) is 0 Å². The van der Waals surface area contributed by atoms with Gasteiger partial charge in [-0.25, -0.2) is 14.2 Å². The number of benzene rings is 1. The second-order valence-corrected chi connectivity index (χ2v) is 4.69. The Bertz CT molecular complexity index is 619. The first-order valence-electron chi connectivity index (χ1n) is 6.12. The molecule has 1 atom stereocenters. The van der Waals surface area contributed by atoms with E-state index in [0.717, 1.165) is 17.2 Å². The summed E-state index contributed by atoms with van der Waals surface area (Å²) in [5, 5.41) is 0.116. The smallest absolute Gasteiger partial charge is 0.165 e. The van der Waals surface area contributed by atoms with Gasteiger partial charge in [-0.1, -0.05) is 18.5 Å². The summed E-state index contributed by atoms with van der Waals surface area (Å²) in [6.07, 6.45) is 3.94. The van der Waals surface area contributed by atoms with E-state index < -0.39 is 17.7 Å². The number of aryl methyl sites for hydroxylation is 1. The lowest BCUT2D eigenvalue weighted by Gasteiger charge is -2.21. The molecule has 0 fully saturated rings. The highest BCUT2D eigenvalue weighted by molar-refractivity contribution is 6.31. The zero-order valence-electron chi connectivity index (χ0n) is 10.8. The molecule has 20 heavy (non-hydrogen) atoms. The van der Waals surface area contributed by atoms with Crippen LogP contribution in [0.5, 0.6) is 0 Å². The van der Waals surface area contributed by atoms with Crippen molar-refractivity contribution in [1.29, 1.82) is 0 Å². The summed E-state index contributed by atoms with van der Waals surface area (Å²) in [5.41, 5.74) is 4.10. The average Bonchev–Trinajstić information content (AvgIpc) is 2.47. The highest BCUT2D eigenvalue weighted by atomic mass is 35.5. The predicted molar refractivity (Wildman–Crippen MR) is 74.1 cm³/mol. The largest absolute Gasteiger partial charge is 0.271 e. The molecule has 1 aromatic heterocycles. The molecule has 106 valence electrons. The number of hydrogen-bond donors (Lipinski definition) is 2. The van der Waals surface area contributed by atoms with Crippen molar-refractivity contribution < 1.29 is 8.78 Å². The zero-order chi connectivity index (χ0) is 14.7. The highest BCUT2D eigenvalue weighted by Crippen LogP contribution is 2.32. The van der Waals surface area contributed by atoms with Crippen LogP contribution in [0, 0.1) is 11.6 Å². The first-order valence-corrected chi connectivity index (χ1v) is 6.50. The molecule has 1 heterocycles. The van der Waals surface area contributed by atoms with Crippen LogP contribution in [0.15, 0.2) is 30.6 Å². The Hall–Kier alpha value is -1.56. The first-order chi connectivity index (χ1) is 9.60. The number of halogens is 3. The third kappa shape index (κ3) is 2.65. The van der Waals surface area contributed by atoms with Gasteiger partial charge in [-0.15, -0.1) is 0 Å². The molecule has 0 spiro atoms. The molecule has 0 aliphatic heterocycles. The van der Waals surface area contributed by atoms with E-state index in [0.29, 0.717) is 6.42 Å². The molecular weight excluding hydrogens is 284 g/mol. The number of nitrogens with two attached hydrogens (primary N) is 1. The Morgan fingerprint density at radius 2 is 2.10 bits per heavy atom. The van der Waals surface area contributed by atoms with Crippen molar-refractivity contribution in [2.45, 2.75) is 19.4 Å². The number of aromatic nitrogens is 1. The maximum atomic E-state index is 14.1. The minimum absolute atomic E-state index is 0.00457. The lowest BCUT2D eigenvalue weighted by atomic mass is 9.94. The second kappa shape index (κ2) is 6.26. The topological polar surface area (TPSA) is 50.9 Å². The van der Waals surface area contributed by atoms with Gasteiger partial charge in [-0.2, -0.15) is 0 Å². The molecule has 2 aromatic rings. The van der Waals surface area contributed by atoms with Crippen LogP contribution >= 0.6 is 11.6 Å². The van der Waals surface area contributed by atoms with Crippen molar-refractivity contribution in [1.82, 2.24) is 10.4 Å². The van der Waals surface area contributed by atoms with Crippen molar-refractivity contribution in [3.8, 4) is 0 Å². The van der Waals surface area contributed by atoms with Gasteiger partial charge in [0.2, 0.25) is 0 Å². The summed E-state index contributed by atoms with van der Waals surface area (Å²) in [5.74, 6) is 3.57. The van der Waals surface area contributed by atoms with Gasteiger partial charge in [0.15, 0.2) is 11.6 Å². The normalized spacial score (nSPS) is 12.4. The van der Waals surface area contributed by atoms with Gasteiger partial charge < -0.3 is 0 Å². The summed E-state index contributed by atoms with van der Waals surface area (Å²) in [6, 6.07) is 3.27. The molecule has 1 unspecified atom stereocenters. The molecule has 0 amide bonds. The van der Waals surface area contributed by atoms with Crippen LogP contribution in [0.2, 0.25) is 5.02 Å². The van der Waals surface area contributed by atoms with E-state index in [9.17, 15) is 8.78 Å². The van der Waals surface area contributed by atoms with Crippen molar-refractivity contribution in [2.24, 2.45) is 5.84 Å². The van der Waals surface area contributed by atoms with E-state index in [1.807, 2.05) is 6.92 Å². The Morgan fingerprint density at radius 3 is 2.75 bits per heavy atom. The molecule has 0 aliphatic rings. The van der Waals surface area contributed by atoms with E-state index in [-0.39, 0.29) is 10.6 Å².